The molecule has 2 aromatic rings. The number of anilines is 1. The molecule has 2 fully saturated rings. The number of fused-ring (bicyclic) bond motifs is 1. The van der Waals surface area contributed by atoms with Gasteiger partial charge < -0.3 is 9.32 Å². The van der Waals surface area contributed by atoms with Crippen LogP contribution in [0.3, 0.4) is 0 Å². The van der Waals surface area contributed by atoms with E-state index >= 15 is 0 Å². The number of carbonyl (C=O) groups excluding carboxylic acids is 2. The Morgan fingerprint density at radius 3 is 2.81 bits per heavy atom. The Morgan fingerprint density at radius 1 is 1.19 bits per heavy atom. The zero-order valence-corrected chi connectivity index (χ0v) is 14.8. The molecule has 6 nitrogen and oxygen atoms in total. The van der Waals surface area contributed by atoms with E-state index in [4.69, 9.17) is 4.42 Å². The molecule has 2 amide bonds. The van der Waals surface area contributed by atoms with Crippen molar-refractivity contribution >= 4 is 28.5 Å². The molecule has 2 aliphatic heterocycles. The second kappa shape index (κ2) is 6.59. The zero-order chi connectivity index (χ0) is 18.3. The highest BCUT2D eigenvalue weighted by Gasteiger charge is 2.40. The number of nitrogens with zero attached hydrogens (tertiary/aromatic N) is 2. The summed E-state index contributed by atoms with van der Waals surface area (Å²) in [5.74, 6) is 0.340. The number of benzene rings is 1. The van der Waals surface area contributed by atoms with Gasteiger partial charge in [0.2, 0.25) is 11.8 Å². The summed E-state index contributed by atoms with van der Waals surface area (Å²) in [6.07, 6.45) is 2.92. The van der Waals surface area contributed by atoms with Crippen LogP contribution in [0.15, 0.2) is 39.5 Å². The van der Waals surface area contributed by atoms with Crippen molar-refractivity contribution < 1.29 is 14.0 Å². The van der Waals surface area contributed by atoms with E-state index < -0.39 is 11.7 Å². The molecule has 1 aromatic heterocycles. The number of rotatable bonds is 2. The van der Waals surface area contributed by atoms with E-state index in [9.17, 15) is 14.4 Å². The van der Waals surface area contributed by atoms with Crippen molar-refractivity contribution in [1.29, 1.82) is 0 Å². The van der Waals surface area contributed by atoms with Crippen LogP contribution in [-0.2, 0) is 9.59 Å². The molecule has 0 N–H and O–H groups in total. The fourth-order valence-electron chi connectivity index (χ4n) is 4.11. The minimum Gasteiger partial charge on any atom is -0.423 e. The lowest BCUT2D eigenvalue weighted by Gasteiger charge is -2.35. The van der Waals surface area contributed by atoms with Gasteiger partial charge in [0.1, 0.15) is 11.6 Å². The van der Waals surface area contributed by atoms with Gasteiger partial charge in [0.15, 0.2) is 0 Å². The smallest absolute Gasteiger partial charge is 0.338 e. The molecule has 0 bridgehead atoms. The van der Waals surface area contributed by atoms with Gasteiger partial charge in [0.05, 0.1) is 5.69 Å². The molecule has 0 spiro atoms. The molecule has 26 heavy (non-hydrogen) atoms. The summed E-state index contributed by atoms with van der Waals surface area (Å²) >= 11 is 0. The third-order valence-electron chi connectivity index (χ3n) is 5.35. The first-order chi connectivity index (χ1) is 12.5. The Kier molecular flexibility index (Phi) is 4.26. The van der Waals surface area contributed by atoms with E-state index in [0.717, 1.165) is 25.9 Å². The molecular formula is C20H22N2O4. The van der Waals surface area contributed by atoms with Crippen molar-refractivity contribution in [3.8, 4) is 0 Å². The van der Waals surface area contributed by atoms with Gasteiger partial charge in [0, 0.05) is 31.0 Å². The van der Waals surface area contributed by atoms with Crippen molar-refractivity contribution in [2.45, 2.75) is 38.6 Å². The van der Waals surface area contributed by atoms with Crippen LogP contribution in [0.1, 0.15) is 32.6 Å². The molecule has 0 unspecified atom stereocenters. The molecule has 3 heterocycles. The molecule has 2 aliphatic rings. The van der Waals surface area contributed by atoms with Crippen LogP contribution in [0.4, 0.5) is 5.69 Å². The van der Waals surface area contributed by atoms with Crippen molar-refractivity contribution in [2.75, 3.05) is 18.0 Å². The van der Waals surface area contributed by atoms with E-state index in [0.29, 0.717) is 35.4 Å². The molecule has 1 aromatic carbocycles. The van der Waals surface area contributed by atoms with Crippen LogP contribution in [0, 0.1) is 5.92 Å². The third-order valence-corrected chi connectivity index (χ3v) is 5.35. The number of carbonyl (C=O) groups is 2. The Morgan fingerprint density at radius 2 is 2.00 bits per heavy atom. The van der Waals surface area contributed by atoms with E-state index in [1.54, 1.807) is 12.1 Å². The van der Waals surface area contributed by atoms with E-state index in [1.807, 2.05) is 17.0 Å². The molecule has 4 rings (SSSR count). The summed E-state index contributed by atoms with van der Waals surface area (Å²) in [5, 5.41) is 0.673. The van der Waals surface area contributed by atoms with Gasteiger partial charge in [-0.25, -0.2) is 4.79 Å². The zero-order valence-electron chi connectivity index (χ0n) is 14.8. The minimum atomic E-state index is -0.544. The van der Waals surface area contributed by atoms with E-state index in [2.05, 4.69) is 6.92 Å². The maximum Gasteiger partial charge on any atom is 0.338 e. The van der Waals surface area contributed by atoms with Crippen molar-refractivity contribution in [3.05, 3.63) is 40.8 Å². The molecule has 136 valence electrons. The molecule has 0 radical (unpaired) electrons. The number of para-hydroxylation sites is 1. The lowest BCUT2D eigenvalue weighted by Crippen LogP contribution is -2.50. The average Bonchev–Trinajstić information content (AvgIpc) is 3.01. The first-order valence-corrected chi connectivity index (χ1v) is 9.18. The maximum atomic E-state index is 13.1. The van der Waals surface area contributed by atoms with E-state index in [1.165, 1.54) is 11.0 Å². The second-order valence-electron chi connectivity index (χ2n) is 7.30. The predicted molar refractivity (Wildman–Crippen MR) is 98.0 cm³/mol. The number of hydrogen-bond acceptors (Lipinski definition) is 4. The maximum absolute atomic E-state index is 13.1. The molecular weight excluding hydrogens is 332 g/mol. The van der Waals surface area contributed by atoms with Gasteiger partial charge in [0.25, 0.3) is 0 Å². The largest absolute Gasteiger partial charge is 0.423 e. The van der Waals surface area contributed by atoms with Crippen molar-refractivity contribution in [3.63, 3.8) is 0 Å². The van der Waals surface area contributed by atoms with Gasteiger partial charge in [-0.3, -0.25) is 14.5 Å². The van der Waals surface area contributed by atoms with Gasteiger partial charge >= 0.3 is 5.63 Å². The molecule has 2 saturated heterocycles. The number of piperidine rings is 1. The van der Waals surface area contributed by atoms with Crippen molar-refractivity contribution in [2.24, 2.45) is 5.92 Å². The topological polar surface area (TPSA) is 70.8 Å². The van der Waals surface area contributed by atoms with Gasteiger partial charge in [-0.1, -0.05) is 19.1 Å². The van der Waals surface area contributed by atoms with Gasteiger partial charge in [-0.15, -0.1) is 0 Å². The summed E-state index contributed by atoms with van der Waals surface area (Å²) in [6, 6.07) is 7.89. The van der Waals surface area contributed by atoms with E-state index in [-0.39, 0.29) is 11.8 Å². The third kappa shape index (κ3) is 2.89. The fraction of sp³-hybridized carbons (Fsp3) is 0.450. The molecule has 6 heteroatoms. The highest BCUT2D eigenvalue weighted by atomic mass is 16.4. The summed E-state index contributed by atoms with van der Waals surface area (Å²) in [5.41, 5.74) is 0.381. The van der Waals surface area contributed by atoms with Crippen LogP contribution >= 0.6 is 0 Å². The predicted octanol–water partition coefficient (Wildman–Crippen LogP) is 2.55. The molecule has 2 atom stereocenters. The van der Waals surface area contributed by atoms with Crippen LogP contribution in [0.5, 0.6) is 0 Å². The monoisotopic (exact) mass is 354 g/mol. The lowest BCUT2D eigenvalue weighted by molar-refractivity contribution is -0.134. The average molecular weight is 354 g/mol. The highest BCUT2D eigenvalue weighted by Crippen LogP contribution is 2.33. The van der Waals surface area contributed by atoms with Crippen LogP contribution < -0.4 is 10.5 Å². The SMILES string of the molecule is C[C@@H]1CCCN(C(=O)[C@@H]2CCC(=O)N2c2cc(=O)oc3ccccc23)C1. The quantitative estimate of drug-likeness (QED) is 0.777. The summed E-state index contributed by atoms with van der Waals surface area (Å²) in [6.45, 7) is 3.61. The summed E-state index contributed by atoms with van der Waals surface area (Å²) in [4.78, 5) is 41.1. The summed E-state index contributed by atoms with van der Waals surface area (Å²) < 4.78 is 5.23. The Hall–Kier alpha value is -2.63. The number of hydrogen-bond donors (Lipinski definition) is 0. The van der Waals surface area contributed by atoms with Crippen LogP contribution in [0.2, 0.25) is 0 Å². The van der Waals surface area contributed by atoms with Crippen LogP contribution in [-0.4, -0.2) is 35.8 Å². The second-order valence-corrected chi connectivity index (χ2v) is 7.30. The van der Waals surface area contributed by atoms with Crippen LogP contribution in [0.25, 0.3) is 11.0 Å². The first-order valence-electron chi connectivity index (χ1n) is 9.18. The minimum absolute atomic E-state index is 0.0141. The Labute approximate surface area is 151 Å². The van der Waals surface area contributed by atoms with Crippen molar-refractivity contribution in [1.82, 2.24) is 4.90 Å². The number of likely N-dealkylation sites (tertiary alicyclic amines) is 1. The normalized spacial score (nSPS) is 23.7. The first kappa shape index (κ1) is 16.8. The van der Waals surface area contributed by atoms with Gasteiger partial charge in [-0.05, 0) is 37.3 Å². The summed E-state index contributed by atoms with van der Waals surface area (Å²) in [7, 11) is 0. The molecule has 0 saturated carbocycles. The Bertz CT molecular complexity index is 919. The Balaban J connectivity index is 1.74. The van der Waals surface area contributed by atoms with Gasteiger partial charge in [-0.2, -0.15) is 0 Å². The fourth-order valence-corrected chi connectivity index (χ4v) is 4.11. The number of amides is 2. The molecule has 0 aliphatic carbocycles. The highest BCUT2D eigenvalue weighted by molar-refractivity contribution is 6.08. The lowest BCUT2D eigenvalue weighted by atomic mass is 9.99. The standard InChI is InChI=1S/C20H22N2O4/c1-13-5-4-10-21(12-13)20(25)15-8-9-18(23)22(15)16-11-19(24)26-17-7-3-2-6-14(16)17/h2-3,6-7,11,13,15H,4-5,8-10,12H2,1H3/t13-,15+/m1/s1.